The molecule has 0 bridgehead atoms. The summed E-state index contributed by atoms with van der Waals surface area (Å²) in [7, 11) is 0. The van der Waals surface area contributed by atoms with Crippen LogP contribution in [0.5, 0.6) is 0 Å². The summed E-state index contributed by atoms with van der Waals surface area (Å²) in [6, 6.07) is 17.3. The number of anilines is 1. The second kappa shape index (κ2) is 8.50. The van der Waals surface area contributed by atoms with Crippen molar-refractivity contribution in [3.8, 4) is 11.1 Å². The normalized spacial score (nSPS) is 15.4. The van der Waals surface area contributed by atoms with Crippen LogP contribution in [0, 0.1) is 5.82 Å². The van der Waals surface area contributed by atoms with Crippen molar-refractivity contribution in [1.82, 2.24) is 14.9 Å². The first-order valence-electron chi connectivity index (χ1n) is 10.3. The van der Waals surface area contributed by atoms with Gasteiger partial charge in [0.15, 0.2) is 0 Å². The predicted molar refractivity (Wildman–Crippen MR) is 121 cm³/mol. The van der Waals surface area contributed by atoms with E-state index in [1.165, 1.54) is 11.1 Å². The molecule has 0 spiro atoms. The highest BCUT2D eigenvalue weighted by Gasteiger charge is 2.21. The molecule has 3 heterocycles. The first-order chi connectivity index (χ1) is 14.8. The zero-order valence-electron chi connectivity index (χ0n) is 16.7. The van der Waals surface area contributed by atoms with Gasteiger partial charge >= 0.3 is 0 Å². The van der Waals surface area contributed by atoms with Crippen molar-refractivity contribution in [2.75, 3.05) is 31.1 Å². The summed E-state index contributed by atoms with van der Waals surface area (Å²) >= 11 is 1.68. The van der Waals surface area contributed by atoms with Gasteiger partial charge in [-0.15, -0.1) is 11.3 Å². The van der Waals surface area contributed by atoms with Crippen molar-refractivity contribution in [2.24, 2.45) is 0 Å². The van der Waals surface area contributed by atoms with Gasteiger partial charge in [0.1, 0.15) is 22.8 Å². The van der Waals surface area contributed by atoms with Gasteiger partial charge in [-0.3, -0.25) is 4.90 Å². The van der Waals surface area contributed by atoms with Crippen LogP contribution in [0.4, 0.5) is 10.2 Å². The summed E-state index contributed by atoms with van der Waals surface area (Å²) in [5.41, 5.74) is 3.56. The second-order valence-corrected chi connectivity index (χ2v) is 8.49. The van der Waals surface area contributed by atoms with Gasteiger partial charge in [-0.1, -0.05) is 42.5 Å². The number of halogens is 1. The first-order valence-corrected chi connectivity index (χ1v) is 11.2. The quantitative estimate of drug-likeness (QED) is 0.455. The molecule has 0 amide bonds. The maximum atomic E-state index is 13.2. The fourth-order valence-corrected chi connectivity index (χ4v) is 5.03. The third-order valence-electron chi connectivity index (χ3n) is 5.64. The predicted octanol–water partition coefficient (Wildman–Crippen LogP) is 5.21. The van der Waals surface area contributed by atoms with Crippen LogP contribution in [-0.2, 0) is 6.54 Å². The first kappa shape index (κ1) is 19.2. The maximum absolute atomic E-state index is 13.2. The van der Waals surface area contributed by atoms with Gasteiger partial charge < -0.3 is 4.90 Å². The molecule has 1 fully saturated rings. The van der Waals surface area contributed by atoms with Crippen LogP contribution in [0.15, 0.2) is 66.3 Å². The van der Waals surface area contributed by atoms with Crippen molar-refractivity contribution >= 4 is 27.4 Å². The van der Waals surface area contributed by atoms with Crippen LogP contribution in [0.3, 0.4) is 0 Å². The largest absolute Gasteiger partial charge is 0.355 e. The number of aromatic nitrogens is 2. The molecule has 0 atom stereocenters. The smallest absolute Gasteiger partial charge is 0.141 e. The number of rotatable bonds is 4. The molecule has 1 aliphatic heterocycles. The molecule has 1 saturated heterocycles. The topological polar surface area (TPSA) is 32.3 Å². The van der Waals surface area contributed by atoms with Crippen molar-refractivity contribution < 1.29 is 4.39 Å². The Morgan fingerprint density at radius 3 is 2.57 bits per heavy atom. The van der Waals surface area contributed by atoms with E-state index in [-0.39, 0.29) is 5.82 Å². The van der Waals surface area contributed by atoms with Gasteiger partial charge in [-0.25, -0.2) is 14.4 Å². The van der Waals surface area contributed by atoms with Crippen molar-refractivity contribution in [2.45, 2.75) is 13.0 Å². The maximum Gasteiger partial charge on any atom is 0.141 e. The summed E-state index contributed by atoms with van der Waals surface area (Å²) in [6.07, 6.45) is 2.75. The summed E-state index contributed by atoms with van der Waals surface area (Å²) in [6.45, 7) is 4.71. The SMILES string of the molecule is Fc1ccc(CN2CCCN(c3ncnc4scc(-c5ccccc5)c34)CC2)cc1. The minimum Gasteiger partial charge on any atom is -0.355 e. The Balaban J connectivity index is 1.39. The molecule has 152 valence electrons. The molecule has 4 nitrogen and oxygen atoms in total. The van der Waals surface area contributed by atoms with Crippen molar-refractivity contribution in [1.29, 1.82) is 0 Å². The molecule has 0 unspecified atom stereocenters. The van der Waals surface area contributed by atoms with Gasteiger partial charge in [0.05, 0.1) is 5.39 Å². The number of fused-ring (bicyclic) bond motifs is 1. The van der Waals surface area contributed by atoms with E-state index >= 15 is 0 Å². The molecule has 5 rings (SSSR count). The highest BCUT2D eigenvalue weighted by molar-refractivity contribution is 7.17. The van der Waals surface area contributed by atoms with Crippen LogP contribution in [0.25, 0.3) is 21.3 Å². The third kappa shape index (κ3) is 3.93. The molecule has 0 saturated carbocycles. The lowest BCUT2D eigenvalue weighted by atomic mass is 10.1. The lowest BCUT2D eigenvalue weighted by molar-refractivity contribution is 0.285. The Morgan fingerprint density at radius 1 is 0.900 bits per heavy atom. The summed E-state index contributed by atoms with van der Waals surface area (Å²) in [4.78, 5) is 15.1. The average molecular weight is 419 g/mol. The fraction of sp³-hybridized carbons (Fsp3) is 0.250. The van der Waals surface area contributed by atoms with E-state index in [0.717, 1.165) is 60.7 Å². The minimum absolute atomic E-state index is 0.182. The van der Waals surface area contributed by atoms with Crippen LogP contribution >= 0.6 is 11.3 Å². The lowest BCUT2D eigenvalue weighted by Crippen LogP contribution is -2.31. The van der Waals surface area contributed by atoms with Gasteiger partial charge in [-0.2, -0.15) is 0 Å². The zero-order valence-corrected chi connectivity index (χ0v) is 17.5. The Labute approximate surface area is 179 Å². The van der Waals surface area contributed by atoms with E-state index in [9.17, 15) is 4.39 Å². The number of nitrogens with zero attached hydrogens (tertiary/aromatic N) is 4. The Kier molecular flexibility index (Phi) is 5.43. The van der Waals surface area contributed by atoms with Gasteiger partial charge in [0, 0.05) is 43.7 Å². The highest BCUT2D eigenvalue weighted by Crippen LogP contribution is 2.38. The summed E-state index contributed by atoms with van der Waals surface area (Å²) < 4.78 is 13.2. The summed E-state index contributed by atoms with van der Waals surface area (Å²) in [5.74, 6) is 0.849. The van der Waals surface area contributed by atoms with E-state index in [0.29, 0.717) is 0 Å². The molecule has 0 N–H and O–H groups in total. The zero-order chi connectivity index (χ0) is 20.3. The number of hydrogen-bond donors (Lipinski definition) is 0. The van der Waals surface area contributed by atoms with Crippen molar-refractivity contribution in [3.05, 3.63) is 77.7 Å². The molecule has 6 heteroatoms. The van der Waals surface area contributed by atoms with E-state index in [4.69, 9.17) is 4.98 Å². The molecule has 2 aromatic carbocycles. The van der Waals surface area contributed by atoms with Gasteiger partial charge in [-0.05, 0) is 29.7 Å². The third-order valence-corrected chi connectivity index (χ3v) is 6.53. The van der Waals surface area contributed by atoms with Crippen LogP contribution < -0.4 is 4.90 Å². The van der Waals surface area contributed by atoms with Gasteiger partial charge in [0.2, 0.25) is 0 Å². The van der Waals surface area contributed by atoms with Crippen LogP contribution in [0.2, 0.25) is 0 Å². The van der Waals surface area contributed by atoms with Crippen LogP contribution in [0.1, 0.15) is 12.0 Å². The van der Waals surface area contributed by atoms with Crippen LogP contribution in [-0.4, -0.2) is 41.0 Å². The number of thiophene rings is 1. The molecular formula is C24H23FN4S. The Bertz CT molecular complexity index is 1130. The van der Waals surface area contributed by atoms with E-state index < -0.39 is 0 Å². The standard InChI is InChI=1S/C24H23FN4S/c25-20-9-7-18(8-10-20)15-28-11-4-12-29(14-13-28)23-22-21(19-5-2-1-3-6-19)16-30-24(22)27-17-26-23/h1-3,5-10,16-17H,4,11-15H2. The van der Waals surface area contributed by atoms with E-state index in [1.807, 2.05) is 18.2 Å². The van der Waals surface area contributed by atoms with E-state index in [2.05, 4.69) is 44.4 Å². The average Bonchev–Trinajstić information content (AvgIpc) is 3.09. The Hall–Kier alpha value is -2.83. The second-order valence-electron chi connectivity index (χ2n) is 7.64. The van der Waals surface area contributed by atoms with E-state index in [1.54, 1.807) is 29.8 Å². The number of benzene rings is 2. The molecule has 0 aliphatic carbocycles. The Morgan fingerprint density at radius 2 is 1.73 bits per heavy atom. The van der Waals surface area contributed by atoms with Crippen molar-refractivity contribution in [3.63, 3.8) is 0 Å². The lowest BCUT2D eigenvalue weighted by Gasteiger charge is -2.23. The minimum atomic E-state index is -0.182. The molecule has 4 aromatic rings. The highest BCUT2D eigenvalue weighted by atomic mass is 32.1. The van der Waals surface area contributed by atoms with Gasteiger partial charge in [0.25, 0.3) is 0 Å². The monoisotopic (exact) mass is 418 g/mol. The number of hydrogen-bond acceptors (Lipinski definition) is 5. The molecule has 1 aliphatic rings. The molecular weight excluding hydrogens is 395 g/mol. The summed E-state index contributed by atoms with van der Waals surface area (Å²) in [5, 5.41) is 3.34. The molecule has 30 heavy (non-hydrogen) atoms. The molecule has 0 radical (unpaired) electrons. The fourth-order valence-electron chi connectivity index (χ4n) is 4.12. The molecule has 2 aromatic heterocycles.